The number of nitriles is 1. The van der Waals surface area contributed by atoms with Crippen molar-refractivity contribution in [1.82, 2.24) is 4.57 Å². The fraction of sp³-hybridized carbons (Fsp3) is 0.310. The number of nitrogens with two attached hydrogens (primary N) is 1. The second-order valence-electron chi connectivity index (χ2n) is 8.83. The lowest BCUT2D eigenvalue weighted by Gasteiger charge is -2.28. The van der Waals surface area contributed by atoms with Gasteiger partial charge in [-0.05, 0) is 37.1 Å². The Morgan fingerprint density at radius 2 is 1.51 bits per heavy atom. The number of ether oxygens (including phenoxy) is 6. The highest BCUT2D eigenvalue weighted by atomic mass is 16.5. The van der Waals surface area contributed by atoms with Gasteiger partial charge in [0, 0.05) is 29.9 Å². The summed E-state index contributed by atoms with van der Waals surface area (Å²) in [5.41, 5.74) is 8.43. The zero-order valence-electron chi connectivity index (χ0n) is 22.8. The average Bonchev–Trinajstić information content (AvgIpc) is 2.95. The third kappa shape index (κ3) is 4.91. The number of benzene rings is 2. The maximum atomic E-state index is 14.1. The molecule has 10 heteroatoms. The molecule has 10 nitrogen and oxygen atoms in total. The van der Waals surface area contributed by atoms with Crippen LogP contribution in [0.1, 0.15) is 28.3 Å². The van der Waals surface area contributed by atoms with Gasteiger partial charge >= 0.3 is 0 Å². The number of nitrogens with zero attached hydrogens (tertiary/aromatic N) is 2. The van der Waals surface area contributed by atoms with Gasteiger partial charge in [0.25, 0.3) is 5.56 Å². The summed E-state index contributed by atoms with van der Waals surface area (Å²) in [6, 6.07) is 12.9. The largest absolute Gasteiger partial charge is 0.496 e. The normalized spacial score (nSPS) is 14.1. The van der Waals surface area contributed by atoms with Crippen LogP contribution in [0.3, 0.4) is 0 Å². The second-order valence-corrected chi connectivity index (χ2v) is 8.83. The van der Waals surface area contributed by atoms with Crippen LogP contribution < -0.4 is 39.7 Å². The van der Waals surface area contributed by atoms with Crippen LogP contribution in [0.2, 0.25) is 0 Å². The number of hydrogen-bond donors (Lipinski definition) is 1. The van der Waals surface area contributed by atoms with E-state index in [1.165, 1.54) is 21.3 Å². The van der Waals surface area contributed by atoms with E-state index in [1.54, 1.807) is 37.0 Å². The van der Waals surface area contributed by atoms with E-state index in [1.807, 2.05) is 25.1 Å². The Kier molecular flexibility index (Phi) is 7.91. The van der Waals surface area contributed by atoms with Crippen molar-refractivity contribution in [2.24, 2.45) is 5.73 Å². The lowest BCUT2D eigenvalue weighted by atomic mass is 9.83. The molecule has 1 aliphatic rings. The molecule has 0 amide bonds. The molecule has 3 aromatic rings. The fourth-order valence-corrected chi connectivity index (χ4v) is 4.83. The first-order valence-corrected chi connectivity index (χ1v) is 12.1. The van der Waals surface area contributed by atoms with Crippen molar-refractivity contribution in [3.8, 4) is 40.6 Å². The smallest absolute Gasteiger partial charge is 0.258 e. The molecule has 2 N–H and O–H groups in total. The van der Waals surface area contributed by atoms with Gasteiger partial charge < -0.3 is 38.7 Å². The zero-order chi connectivity index (χ0) is 28.3. The minimum absolute atomic E-state index is 0.0753. The summed E-state index contributed by atoms with van der Waals surface area (Å²) < 4.78 is 34.8. The number of rotatable bonds is 9. The maximum Gasteiger partial charge on any atom is 0.258 e. The molecule has 2 heterocycles. The molecule has 4 rings (SSSR count). The van der Waals surface area contributed by atoms with Crippen molar-refractivity contribution in [3.05, 3.63) is 80.6 Å². The SMILES string of the molecule is COc1ccc(CCn2c(C)cc3c(c2=O)[C@H](c2cc(OC)c(OC)cc2OC)C(C#N)=C(N)O3)cc1OC. The van der Waals surface area contributed by atoms with E-state index in [4.69, 9.17) is 34.2 Å². The molecule has 1 aromatic heterocycles. The predicted octanol–water partition coefficient (Wildman–Crippen LogP) is 3.66. The predicted molar refractivity (Wildman–Crippen MR) is 144 cm³/mol. The molecule has 0 spiro atoms. The number of methoxy groups -OCH3 is 5. The highest BCUT2D eigenvalue weighted by Crippen LogP contribution is 2.46. The first-order chi connectivity index (χ1) is 18.8. The van der Waals surface area contributed by atoms with Crippen molar-refractivity contribution in [1.29, 1.82) is 5.26 Å². The van der Waals surface area contributed by atoms with Gasteiger partial charge in [-0.1, -0.05) is 6.07 Å². The quantitative estimate of drug-likeness (QED) is 0.438. The summed E-state index contributed by atoms with van der Waals surface area (Å²) in [5.74, 6) is 1.86. The molecule has 0 fully saturated rings. The van der Waals surface area contributed by atoms with E-state index < -0.39 is 5.92 Å². The van der Waals surface area contributed by atoms with Gasteiger partial charge in [0.1, 0.15) is 23.1 Å². The maximum absolute atomic E-state index is 14.1. The summed E-state index contributed by atoms with van der Waals surface area (Å²) in [6.07, 6.45) is 0.550. The Bertz CT molecular complexity index is 1540. The molecule has 0 unspecified atom stereocenters. The van der Waals surface area contributed by atoms with Gasteiger partial charge in [-0.3, -0.25) is 4.79 Å². The molecular formula is C29H31N3O7. The number of aryl methyl sites for hydroxylation is 2. The highest BCUT2D eigenvalue weighted by Gasteiger charge is 2.36. The molecule has 0 saturated carbocycles. The van der Waals surface area contributed by atoms with E-state index in [0.29, 0.717) is 58.7 Å². The van der Waals surface area contributed by atoms with Gasteiger partial charge in [0.2, 0.25) is 5.88 Å². The third-order valence-electron chi connectivity index (χ3n) is 6.81. The number of hydrogen-bond acceptors (Lipinski definition) is 9. The van der Waals surface area contributed by atoms with Gasteiger partial charge in [-0.25, -0.2) is 0 Å². The van der Waals surface area contributed by atoms with Crippen LogP contribution in [-0.4, -0.2) is 40.1 Å². The Hall–Kier alpha value is -4.78. The lowest BCUT2D eigenvalue weighted by Crippen LogP contribution is -2.33. The first-order valence-electron chi connectivity index (χ1n) is 12.1. The molecule has 204 valence electrons. The number of allylic oxidation sites excluding steroid dienone is 1. The summed E-state index contributed by atoms with van der Waals surface area (Å²) in [6.45, 7) is 2.20. The summed E-state index contributed by atoms with van der Waals surface area (Å²) >= 11 is 0. The van der Waals surface area contributed by atoms with Gasteiger partial charge in [0.05, 0.1) is 47.0 Å². The van der Waals surface area contributed by atoms with E-state index in [0.717, 1.165) is 5.56 Å². The van der Waals surface area contributed by atoms with Gasteiger partial charge in [-0.15, -0.1) is 0 Å². The summed E-state index contributed by atoms with van der Waals surface area (Å²) in [7, 11) is 7.68. The molecule has 0 radical (unpaired) electrons. The molecule has 2 aromatic carbocycles. The standard InChI is InChI=1S/C29H31N3O7/c1-16-11-25-27(29(33)32(16)10-9-17-7-8-20(34-2)22(12-17)36-4)26(19(15-30)28(31)39-25)18-13-23(37-5)24(38-6)14-21(18)35-3/h7-8,11-14,26H,9-10,31H2,1-6H3/t26-/m1/s1. The molecule has 39 heavy (non-hydrogen) atoms. The molecule has 0 aliphatic carbocycles. The minimum Gasteiger partial charge on any atom is -0.496 e. The van der Waals surface area contributed by atoms with Crippen LogP contribution >= 0.6 is 0 Å². The van der Waals surface area contributed by atoms with E-state index >= 15 is 0 Å². The van der Waals surface area contributed by atoms with Crippen LogP contribution in [-0.2, 0) is 13.0 Å². The number of aromatic nitrogens is 1. The van der Waals surface area contributed by atoms with Crippen LogP contribution in [0.4, 0.5) is 0 Å². The Morgan fingerprint density at radius 1 is 0.897 bits per heavy atom. The Labute approximate surface area is 226 Å². The van der Waals surface area contributed by atoms with Crippen molar-refractivity contribution in [2.45, 2.75) is 25.8 Å². The summed E-state index contributed by atoms with van der Waals surface area (Å²) in [5, 5.41) is 10.1. The molecule has 1 aliphatic heterocycles. The first kappa shape index (κ1) is 27.3. The molecule has 0 bridgehead atoms. The number of pyridine rings is 1. The van der Waals surface area contributed by atoms with Crippen molar-refractivity contribution >= 4 is 0 Å². The fourth-order valence-electron chi connectivity index (χ4n) is 4.83. The lowest BCUT2D eigenvalue weighted by molar-refractivity contribution is 0.346. The monoisotopic (exact) mass is 533 g/mol. The van der Waals surface area contributed by atoms with Crippen LogP contribution in [0.15, 0.2) is 52.6 Å². The zero-order valence-corrected chi connectivity index (χ0v) is 22.8. The molecule has 1 atom stereocenters. The molecular weight excluding hydrogens is 502 g/mol. The highest BCUT2D eigenvalue weighted by molar-refractivity contribution is 5.61. The van der Waals surface area contributed by atoms with E-state index in [2.05, 4.69) is 6.07 Å². The Morgan fingerprint density at radius 3 is 2.13 bits per heavy atom. The van der Waals surface area contributed by atoms with E-state index in [-0.39, 0.29) is 22.6 Å². The topological polar surface area (TPSA) is 127 Å². The average molecular weight is 534 g/mol. The van der Waals surface area contributed by atoms with Crippen molar-refractivity contribution in [3.63, 3.8) is 0 Å². The van der Waals surface area contributed by atoms with E-state index in [9.17, 15) is 10.1 Å². The third-order valence-corrected chi connectivity index (χ3v) is 6.81. The molecule has 0 saturated heterocycles. The van der Waals surface area contributed by atoms with Crippen molar-refractivity contribution < 1.29 is 28.4 Å². The second kappa shape index (κ2) is 11.3. The van der Waals surface area contributed by atoms with Crippen molar-refractivity contribution in [2.75, 3.05) is 35.5 Å². The minimum atomic E-state index is -0.853. The summed E-state index contributed by atoms with van der Waals surface area (Å²) in [4.78, 5) is 14.1. The van der Waals surface area contributed by atoms with Crippen LogP contribution in [0.5, 0.6) is 34.5 Å². The number of fused-ring (bicyclic) bond motifs is 1. The van der Waals surface area contributed by atoms with Crippen LogP contribution in [0, 0.1) is 18.3 Å². The van der Waals surface area contributed by atoms with Crippen LogP contribution in [0.25, 0.3) is 0 Å². The van der Waals surface area contributed by atoms with Gasteiger partial charge in [-0.2, -0.15) is 5.26 Å². The Balaban J connectivity index is 1.85. The van der Waals surface area contributed by atoms with Gasteiger partial charge in [0.15, 0.2) is 23.0 Å².